The zero-order valence-corrected chi connectivity index (χ0v) is 14.3. The number of halogens is 1. The Hall–Kier alpha value is -0.870. The summed E-state index contributed by atoms with van der Waals surface area (Å²) >= 11 is 3.56. The van der Waals surface area contributed by atoms with Gasteiger partial charge in [0.15, 0.2) is 0 Å². The normalized spacial score (nSPS) is 19.4. The van der Waals surface area contributed by atoms with Crippen LogP contribution < -0.4 is 10.6 Å². The third-order valence-corrected chi connectivity index (χ3v) is 5.08. The van der Waals surface area contributed by atoms with Crippen LogP contribution >= 0.6 is 15.9 Å². The lowest BCUT2D eigenvalue weighted by Crippen LogP contribution is -2.33. The Morgan fingerprint density at radius 1 is 1.48 bits per heavy atom. The number of carbonyl (C=O) groups is 1. The van der Waals surface area contributed by atoms with Crippen LogP contribution in [0.4, 0.5) is 0 Å². The van der Waals surface area contributed by atoms with Gasteiger partial charge in [-0.2, -0.15) is 0 Å². The van der Waals surface area contributed by atoms with Crippen LogP contribution in [0, 0.1) is 11.8 Å². The fraction of sp³-hybridized carbons (Fsp3) is 0.588. The molecule has 0 aromatic heterocycles. The zero-order valence-electron chi connectivity index (χ0n) is 12.7. The summed E-state index contributed by atoms with van der Waals surface area (Å²) in [6, 6.07) is 8.15. The molecule has 4 heteroatoms. The minimum absolute atomic E-state index is 0.0606. The number of hydrogen-bond acceptors (Lipinski definition) is 2. The van der Waals surface area contributed by atoms with Crippen molar-refractivity contribution in [3.05, 3.63) is 34.3 Å². The minimum atomic E-state index is 0.0606. The minimum Gasteiger partial charge on any atom is -0.356 e. The molecule has 0 aliphatic carbocycles. The number of amides is 1. The Bertz CT molecular complexity index is 458. The van der Waals surface area contributed by atoms with Gasteiger partial charge in [0.25, 0.3) is 0 Å². The highest BCUT2D eigenvalue weighted by Crippen LogP contribution is 2.21. The first kappa shape index (κ1) is 16.5. The molecule has 1 aliphatic heterocycles. The predicted octanol–water partition coefficient (Wildman–Crippen LogP) is 3.13. The molecule has 1 aromatic rings. The summed E-state index contributed by atoms with van der Waals surface area (Å²) < 4.78 is 1.09. The molecule has 2 rings (SSSR count). The van der Waals surface area contributed by atoms with E-state index in [9.17, 15) is 4.79 Å². The fourth-order valence-electron chi connectivity index (χ4n) is 2.86. The molecule has 1 amide bonds. The molecule has 1 aromatic carbocycles. The lowest BCUT2D eigenvalue weighted by molar-refractivity contribution is -0.125. The number of rotatable bonds is 7. The summed E-state index contributed by atoms with van der Waals surface area (Å²) in [5.74, 6) is 0.984. The van der Waals surface area contributed by atoms with Gasteiger partial charge in [-0.15, -0.1) is 0 Å². The van der Waals surface area contributed by atoms with Gasteiger partial charge in [0.1, 0.15) is 0 Å². The van der Waals surface area contributed by atoms with Crippen molar-refractivity contribution in [2.75, 3.05) is 19.6 Å². The van der Waals surface area contributed by atoms with E-state index >= 15 is 0 Å². The van der Waals surface area contributed by atoms with Gasteiger partial charge in [0.2, 0.25) is 5.91 Å². The SMILES string of the molecule is CCC(Cc1ccccc1Br)C(=O)NCCC1CCNC1. The monoisotopic (exact) mass is 352 g/mol. The average molecular weight is 353 g/mol. The average Bonchev–Trinajstić information content (AvgIpc) is 2.99. The van der Waals surface area contributed by atoms with E-state index in [0.29, 0.717) is 0 Å². The molecule has 0 bridgehead atoms. The molecule has 2 atom stereocenters. The van der Waals surface area contributed by atoms with E-state index < -0.39 is 0 Å². The first-order chi connectivity index (χ1) is 10.2. The zero-order chi connectivity index (χ0) is 15.1. The Balaban J connectivity index is 1.79. The van der Waals surface area contributed by atoms with E-state index in [-0.39, 0.29) is 11.8 Å². The molecule has 3 nitrogen and oxygen atoms in total. The smallest absolute Gasteiger partial charge is 0.223 e. The molecule has 1 saturated heterocycles. The molecule has 0 radical (unpaired) electrons. The molecular formula is C17H25BrN2O. The quantitative estimate of drug-likeness (QED) is 0.791. The topological polar surface area (TPSA) is 41.1 Å². The second-order valence-electron chi connectivity index (χ2n) is 5.84. The second kappa shape index (κ2) is 8.54. The first-order valence-electron chi connectivity index (χ1n) is 7.92. The highest BCUT2D eigenvalue weighted by atomic mass is 79.9. The van der Waals surface area contributed by atoms with E-state index in [1.165, 1.54) is 12.0 Å². The van der Waals surface area contributed by atoms with Gasteiger partial charge in [-0.3, -0.25) is 4.79 Å². The van der Waals surface area contributed by atoms with Gasteiger partial charge in [-0.1, -0.05) is 41.1 Å². The van der Waals surface area contributed by atoms with Gasteiger partial charge >= 0.3 is 0 Å². The van der Waals surface area contributed by atoms with E-state index in [1.54, 1.807) is 0 Å². The van der Waals surface area contributed by atoms with Crippen molar-refractivity contribution in [2.24, 2.45) is 11.8 Å². The van der Waals surface area contributed by atoms with Crippen molar-refractivity contribution in [3.8, 4) is 0 Å². The van der Waals surface area contributed by atoms with Gasteiger partial charge in [-0.05, 0) is 56.3 Å². The largest absolute Gasteiger partial charge is 0.356 e. The number of benzene rings is 1. The van der Waals surface area contributed by atoms with Crippen molar-refractivity contribution in [2.45, 2.75) is 32.6 Å². The maximum atomic E-state index is 12.3. The van der Waals surface area contributed by atoms with Crippen LogP contribution in [-0.4, -0.2) is 25.5 Å². The molecule has 1 aliphatic rings. The van der Waals surface area contributed by atoms with Gasteiger partial charge in [0.05, 0.1) is 0 Å². The molecule has 0 saturated carbocycles. The summed E-state index contributed by atoms with van der Waals surface area (Å²) in [4.78, 5) is 12.3. The number of hydrogen-bond donors (Lipinski definition) is 2. The van der Waals surface area contributed by atoms with Crippen LogP contribution in [0.1, 0.15) is 31.7 Å². The van der Waals surface area contributed by atoms with Crippen LogP contribution in [0.25, 0.3) is 0 Å². The molecule has 0 spiro atoms. The summed E-state index contributed by atoms with van der Waals surface area (Å²) in [7, 11) is 0. The molecule has 2 N–H and O–H groups in total. The first-order valence-corrected chi connectivity index (χ1v) is 8.71. The summed E-state index contributed by atoms with van der Waals surface area (Å²) in [5.41, 5.74) is 1.21. The van der Waals surface area contributed by atoms with Crippen LogP contribution in [0.3, 0.4) is 0 Å². The Labute approximate surface area is 136 Å². The molecular weight excluding hydrogens is 328 g/mol. The molecule has 1 fully saturated rings. The summed E-state index contributed by atoms with van der Waals surface area (Å²) in [6.07, 6.45) is 4.00. The molecule has 2 unspecified atom stereocenters. The lowest BCUT2D eigenvalue weighted by Gasteiger charge is -2.17. The van der Waals surface area contributed by atoms with E-state index in [4.69, 9.17) is 0 Å². The Kier molecular flexibility index (Phi) is 6.71. The third-order valence-electron chi connectivity index (χ3n) is 4.30. The van der Waals surface area contributed by atoms with Crippen LogP contribution in [-0.2, 0) is 11.2 Å². The Morgan fingerprint density at radius 3 is 2.95 bits per heavy atom. The van der Waals surface area contributed by atoms with E-state index in [0.717, 1.165) is 49.3 Å². The van der Waals surface area contributed by atoms with Crippen molar-refractivity contribution in [1.82, 2.24) is 10.6 Å². The van der Waals surface area contributed by atoms with Crippen LogP contribution in [0.5, 0.6) is 0 Å². The number of nitrogens with one attached hydrogen (secondary N) is 2. The molecule has 116 valence electrons. The highest BCUT2D eigenvalue weighted by molar-refractivity contribution is 9.10. The van der Waals surface area contributed by atoms with Crippen molar-refractivity contribution in [1.29, 1.82) is 0 Å². The Morgan fingerprint density at radius 2 is 2.29 bits per heavy atom. The summed E-state index contributed by atoms with van der Waals surface area (Å²) in [5, 5.41) is 6.48. The van der Waals surface area contributed by atoms with Crippen molar-refractivity contribution >= 4 is 21.8 Å². The van der Waals surface area contributed by atoms with E-state index in [2.05, 4.69) is 39.6 Å². The number of carbonyl (C=O) groups excluding carboxylic acids is 1. The van der Waals surface area contributed by atoms with E-state index in [1.807, 2.05) is 18.2 Å². The maximum absolute atomic E-state index is 12.3. The van der Waals surface area contributed by atoms with Crippen molar-refractivity contribution in [3.63, 3.8) is 0 Å². The predicted molar refractivity (Wildman–Crippen MR) is 90.2 cm³/mol. The standard InChI is InChI=1S/C17H25BrN2O/c1-2-14(11-15-5-3-4-6-16(15)18)17(21)20-10-8-13-7-9-19-12-13/h3-6,13-14,19H,2,7-12H2,1H3,(H,20,21). The third kappa shape index (κ3) is 5.11. The maximum Gasteiger partial charge on any atom is 0.223 e. The van der Waals surface area contributed by atoms with Gasteiger partial charge < -0.3 is 10.6 Å². The fourth-order valence-corrected chi connectivity index (χ4v) is 3.30. The van der Waals surface area contributed by atoms with Crippen LogP contribution in [0.15, 0.2) is 28.7 Å². The molecule has 21 heavy (non-hydrogen) atoms. The molecule has 1 heterocycles. The lowest BCUT2D eigenvalue weighted by atomic mass is 9.96. The second-order valence-corrected chi connectivity index (χ2v) is 6.69. The summed E-state index contributed by atoms with van der Waals surface area (Å²) in [6.45, 7) is 5.11. The van der Waals surface area contributed by atoms with Gasteiger partial charge in [-0.25, -0.2) is 0 Å². The van der Waals surface area contributed by atoms with Crippen molar-refractivity contribution < 1.29 is 4.79 Å². The highest BCUT2D eigenvalue weighted by Gasteiger charge is 2.19. The van der Waals surface area contributed by atoms with Crippen LogP contribution in [0.2, 0.25) is 0 Å². The van der Waals surface area contributed by atoms with Gasteiger partial charge in [0, 0.05) is 16.9 Å².